The van der Waals surface area contributed by atoms with Crippen molar-refractivity contribution in [2.24, 2.45) is 0 Å². The van der Waals surface area contributed by atoms with E-state index in [0.717, 1.165) is 0 Å². The quantitative estimate of drug-likeness (QED) is 0.772. The lowest BCUT2D eigenvalue weighted by molar-refractivity contribution is -0.141. The predicted octanol–water partition coefficient (Wildman–Crippen LogP) is 1.03. The third-order valence-corrected chi connectivity index (χ3v) is 1.99. The number of methoxy groups -OCH3 is 1. The number of aromatic nitrogens is 1. The number of carbonyl (C=O) groups is 2. The SMILES string of the molecule is COC(=O)CCOc1ccc(C)nc1C(=O)O. The molecule has 17 heavy (non-hydrogen) atoms. The molecule has 0 fully saturated rings. The molecule has 0 saturated carbocycles. The Hall–Kier alpha value is -2.11. The number of pyridine rings is 1. The van der Waals surface area contributed by atoms with Gasteiger partial charge in [0.15, 0.2) is 11.4 Å². The second-order valence-corrected chi connectivity index (χ2v) is 3.28. The van der Waals surface area contributed by atoms with Gasteiger partial charge >= 0.3 is 11.9 Å². The summed E-state index contributed by atoms with van der Waals surface area (Å²) < 4.78 is 9.62. The van der Waals surface area contributed by atoms with Gasteiger partial charge in [-0.1, -0.05) is 0 Å². The third kappa shape index (κ3) is 3.75. The number of rotatable bonds is 5. The smallest absolute Gasteiger partial charge is 0.358 e. The molecule has 0 radical (unpaired) electrons. The lowest BCUT2D eigenvalue weighted by atomic mass is 10.3. The molecule has 1 N–H and O–H groups in total. The number of esters is 1. The number of hydrogen-bond acceptors (Lipinski definition) is 5. The minimum atomic E-state index is -1.17. The Morgan fingerprint density at radius 2 is 2.12 bits per heavy atom. The molecule has 0 bridgehead atoms. The van der Waals surface area contributed by atoms with Gasteiger partial charge in [-0.15, -0.1) is 0 Å². The second kappa shape index (κ2) is 5.83. The number of carboxylic acids is 1. The molecular formula is C11H13NO5. The van der Waals surface area contributed by atoms with Crippen molar-refractivity contribution in [3.8, 4) is 5.75 Å². The molecule has 0 spiro atoms. The van der Waals surface area contributed by atoms with Crippen molar-refractivity contribution >= 4 is 11.9 Å². The summed E-state index contributed by atoms with van der Waals surface area (Å²) in [6, 6.07) is 3.16. The molecule has 0 atom stereocenters. The van der Waals surface area contributed by atoms with Crippen LogP contribution in [0.25, 0.3) is 0 Å². The number of hydrogen-bond donors (Lipinski definition) is 1. The lowest BCUT2D eigenvalue weighted by Crippen LogP contribution is -2.11. The first-order chi connectivity index (χ1) is 8.04. The zero-order valence-electron chi connectivity index (χ0n) is 9.60. The van der Waals surface area contributed by atoms with Crippen LogP contribution in [0.1, 0.15) is 22.6 Å². The van der Waals surface area contributed by atoms with Crippen molar-refractivity contribution in [1.82, 2.24) is 4.98 Å². The van der Waals surface area contributed by atoms with Gasteiger partial charge < -0.3 is 14.6 Å². The Labute approximate surface area is 98.2 Å². The molecule has 1 aromatic heterocycles. The first kappa shape index (κ1) is 13.0. The van der Waals surface area contributed by atoms with E-state index in [1.807, 2.05) is 0 Å². The second-order valence-electron chi connectivity index (χ2n) is 3.28. The molecule has 6 heteroatoms. The Morgan fingerprint density at radius 1 is 1.41 bits per heavy atom. The van der Waals surface area contributed by atoms with E-state index in [1.54, 1.807) is 13.0 Å². The van der Waals surface area contributed by atoms with E-state index in [-0.39, 0.29) is 24.5 Å². The van der Waals surface area contributed by atoms with Gasteiger partial charge in [0.25, 0.3) is 0 Å². The Morgan fingerprint density at radius 3 is 2.71 bits per heavy atom. The summed E-state index contributed by atoms with van der Waals surface area (Å²) in [6.07, 6.45) is 0.0590. The number of ether oxygens (including phenoxy) is 2. The van der Waals surface area contributed by atoms with Crippen molar-refractivity contribution in [2.75, 3.05) is 13.7 Å². The van der Waals surface area contributed by atoms with Gasteiger partial charge in [-0.05, 0) is 19.1 Å². The van der Waals surface area contributed by atoms with Crippen LogP contribution in [-0.4, -0.2) is 35.7 Å². The number of aryl methyl sites for hydroxylation is 1. The third-order valence-electron chi connectivity index (χ3n) is 1.99. The summed E-state index contributed by atoms with van der Waals surface area (Å²) >= 11 is 0. The molecule has 1 rings (SSSR count). The maximum Gasteiger partial charge on any atom is 0.358 e. The largest absolute Gasteiger partial charge is 0.490 e. The fraction of sp³-hybridized carbons (Fsp3) is 0.364. The minimum Gasteiger partial charge on any atom is -0.490 e. The Kier molecular flexibility index (Phi) is 4.45. The fourth-order valence-electron chi connectivity index (χ4n) is 1.16. The molecule has 1 aromatic rings. The molecule has 92 valence electrons. The van der Waals surface area contributed by atoms with Crippen molar-refractivity contribution < 1.29 is 24.2 Å². The molecule has 1 heterocycles. The van der Waals surface area contributed by atoms with Gasteiger partial charge in [0.2, 0.25) is 0 Å². The van der Waals surface area contributed by atoms with E-state index in [9.17, 15) is 9.59 Å². The lowest BCUT2D eigenvalue weighted by Gasteiger charge is -2.08. The first-order valence-electron chi connectivity index (χ1n) is 4.95. The molecule has 6 nitrogen and oxygen atoms in total. The average molecular weight is 239 g/mol. The highest BCUT2D eigenvalue weighted by Gasteiger charge is 2.13. The number of nitrogens with zero attached hydrogens (tertiary/aromatic N) is 1. The zero-order valence-corrected chi connectivity index (χ0v) is 9.60. The maximum atomic E-state index is 10.9. The Bertz CT molecular complexity index is 430. The monoisotopic (exact) mass is 239 g/mol. The standard InChI is InChI=1S/C11H13NO5/c1-7-3-4-8(10(12-7)11(14)15)17-6-5-9(13)16-2/h3-4H,5-6H2,1-2H3,(H,14,15). The van der Waals surface area contributed by atoms with E-state index in [4.69, 9.17) is 9.84 Å². The van der Waals surface area contributed by atoms with Gasteiger partial charge in [-0.2, -0.15) is 0 Å². The number of aromatic carboxylic acids is 1. The van der Waals surface area contributed by atoms with E-state index < -0.39 is 11.9 Å². The van der Waals surface area contributed by atoms with Crippen LogP contribution in [0.2, 0.25) is 0 Å². The molecule has 0 aliphatic rings. The topological polar surface area (TPSA) is 85.7 Å². The molecule has 0 aromatic carbocycles. The number of carbonyl (C=O) groups excluding carboxylic acids is 1. The summed E-state index contributed by atoms with van der Waals surface area (Å²) in [6.45, 7) is 1.74. The first-order valence-corrected chi connectivity index (χ1v) is 4.95. The van der Waals surface area contributed by atoms with Crippen LogP contribution < -0.4 is 4.74 Å². The Balaban J connectivity index is 2.70. The van der Waals surface area contributed by atoms with Gasteiger partial charge in [0.1, 0.15) is 0 Å². The normalized spacial score (nSPS) is 9.76. The molecule has 0 saturated heterocycles. The summed E-state index contributed by atoms with van der Waals surface area (Å²) in [4.78, 5) is 25.6. The maximum absolute atomic E-state index is 10.9. The van der Waals surface area contributed by atoms with Gasteiger partial charge in [-0.25, -0.2) is 9.78 Å². The summed E-state index contributed by atoms with van der Waals surface area (Å²) in [5.41, 5.74) is 0.428. The molecule has 0 aliphatic heterocycles. The zero-order chi connectivity index (χ0) is 12.8. The van der Waals surface area contributed by atoms with Gasteiger partial charge in [0, 0.05) is 5.69 Å². The molecule has 0 unspecified atom stereocenters. The summed E-state index contributed by atoms with van der Waals surface area (Å²) in [5, 5.41) is 8.91. The minimum absolute atomic E-state index is 0.0533. The van der Waals surface area contributed by atoms with Crippen LogP contribution in [-0.2, 0) is 9.53 Å². The van der Waals surface area contributed by atoms with Gasteiger partial charge in [-0.3, -0.25) is 4.79 Å². The van der Waals surface area contributed by atoms with E-state index in [1.165, 1.54) is 13.2 Å². The van der Waals surface area contributed by atoms with E-state index in [2.05, 4.69) is 9.72 Å². The average Bonchev–Trinajstić information content (AvgIpc) is 2.30. The summed E-state index contributed by atoms with van der Waals surface area (Å²) in [7, 11) is 1.28. The highest BCUT2D eigenvalue weighted by molar-refractivity contribution is 5.88. The summed E-state index contributed by atoms with van der Waals surface area (Å²) in [5.74, 6) is -1.43. The van der Waals surface area contributed by atoms with E-state index in [0.29, 0.717) is 5.69 Å². The molecular weight excluding hydrogens is 226 g/mol. The van der Waals surface area contributed by atoms with Crippen LogP contribution >= 0.6 is 0 Å². The van der Waals surface area contributed by atoms with Crippen molar-refractivity contribution in [1.29, 1.82) is 0 Å². The van der Waals surface area contributed by atoms with Crippen LogP contribution in [0.15, 0.2) is 12.1 Å². The number of carboxylic acid groups (broad SMARTS) is 1. The van der Waals surface area contributed by atoms with Crippen LogP contribution in [0.5, 0.6) is 5.75 Å². The van der Waals surface area contributed by atoms with Crippen LogP contribution in [0.3, 0.4) is 0 Å². The van der Waals surface area contributed by atoms with Crippen LogP contribution in [0, 0.1) is 6.92 Å². The molecule has 0 aliphatic carbocycles. The van der Waals surface area contributed by atoms with Crippen molar-refractivity contribution in [3.05, 3.63) is 23.5 Å². The van der Waals surface area contributed by atoms with Crippen molar-refractivity contribution in [3.63, 3.8) is 0 Å². The highest BCUT2D eigenvalue weighted by Crippen LogP contribution is 2.17. The van der Waals surface area contributed by atoms with Crippen LogP contribution in [0.4, 0.5) is 0 Å². The fourth-order valence-corrected chi connectivity index (χ4v) is 1.16. The van der Waals surface area contributed by atoms with Crippen molar-refractivity contribution in [2.45, 2.75) is 13.3 Å². The van der Waals surface area contributed by atoms with Gasteiger partial charge in [0.05, 0.1) is 20.1 Å². The molecule has 0 amide bonds. The highest BCUT2D eigenvalue weighted by atomic mass is 16.5. The van der Waals surface area contributed by atoms with E-state index >= 15 is 0 Å². The predicted molar refractivity (Wildman–Crippen MR) is 58.1 cm³/mol.